The van der Waals surface area contributed by atoms with Gasteiger partial charge in [0.1, 0.15) is 5.56 Å². The Bertz CT molecular complexity index is 728. The van der Waals surface area contributed by atoms with Crippen molar-refractivity contribution < 1.29 is 9.90 Å². The summed E-state index contributed by atoms with van der Waals surface area (Å²) in [4.78, 5) is 23.3. The summed E-state index contributed by atoms with van der Waals surface area (Å²) in [6, 6.07) is 3.87. The zero-order chi connectivity index (χ0) is 12.9. The van der Waals surface area contributed by atoms with Gasteiger partial charge in [-0.25, -0.2) is 4.79 Å². The van der Waals surface area contributed by atoms with Crippen LogP contribution in [0.25, 0.3) is 10.9 Å². The van der Waals surface area contributed by atoms with E-state index in [2.05, 4.69) is 6.07 Å². The first kappa shape index (κ1) is 11.0. The topological polar surface area (TPSA) is 59.3 Å². The van der Waals surface area contributed by atoms with Crippen LogP contribution in [0.5, 0.6) is 0 Å². The van der Waals surface area contributed by atoms with Gasteiger partial charge in [-0.2, -0.15) is 0 Å². The Balaban J connectivity index is 2.52. The first-order valence-corrected chi connectivity index (χ1v) is 5.98. The summed E-state index contributed by atoms with van der Waals surface area (Å²) in [7, 11) is 0. The molecule has 1 aromatic carbocycles. The van der Waals surface area contributed by atoms with E-state index in [1.165, 1.54) is 6.20 Å². The van der Waals surface area contributed by atoms with Crippen molar-refractivity contribution in [2.45, 2.75) is 26.3 Å². The second-order valence-electron chi connectivity index (χ2n) is 4.79. The van der Waals surface area contributed by atoms with Crippen molar-refractivity contribution in [1.82, 2.24) is 4.57 Å². The molecule has 3 rings (SSSR count). The van der Waals surface area contributed by atoms with Crippen LogP contribution in [-0.4, -0.2) is 15.6 Å². The molecule has 0 saturated carbocycles. The SMILES string of the molecule is Cc1cc2c3c(c1)c(=O)c(C(=O)O)cn3CCC2. The summed E-state index contributed by atoms with van der Waals surface area (Å²) in [6.07, 6.45) is 3.41. The molecule has 2 aromatic rings. The molecular weight excluding hydrogens is 230 g/mol. The van der Waals surface area contributed by atoms with Gasteiger partial charge in [0, 0.05) is 18.1 Å². The Labute approximate surface area is 103 Å². The minimum absolute atomic E-state index is 0.138. The first-order valence-electron chi connectivity index (χ1n) is 5.98. The number of hydrogen-bond acceptors (Lipinski definition) is 2. The highest BCUT2D eigenvalue weighted by molar-refractivity contribution is 5.93. The van der Waals surface area contributed by atoms with Crippen molar-refractivity contribution >= 4 is 16.9 Å². The minimum atomic E-state index is -1.15. The molecule has 1 aromatic heterocycles. The number of hydrogen-bond donors (Lipinski definition) is 1. The lowest BCUT2D eigenvalue weighted by Gasteiger charge is -2.20. The van der Waals surface area contributed by atoms with Crippen molar-refractivity contribution in [1.29, 1.82) is 0 Å². The Kier molecular flexibility index (Phi) is 2.26. The molecule has 0 fully saturated rings. The lowest BCUT2D eigenvalue weighted by molar-refractivity contribution is 0.0695. The van der Waals surface area contributed by atoms with E-state index in [-0.39, 0.29) is 11.0 Å². The van der Waals surface area contributed by atoms with Crippen LogP contribution >= 0.6 is 0 Å². The van der Waals surface area contributed by atoms with Crippen LogP contribution < -0.4 is 5.43 Å². The normalized spacial score (nSPS) is 13.8. The number of aryl methyl sites for hydroxylation is 3. The third kappa shape index (κ3) is 1.45. The molecule has 1 N–H and O–H groups in total. The number of nitrogens with zero attached hydrogens (tertiary/aromatic N) is 1. The standard InChI is InChI=1S/C14H13NO3/c1-8-5-9-3-2-4-15-7-11(14(17)18)13(16)10(6-8)12(9)15/h5-7H,2-4H2,1H3,(H,17,18). The third-order valence-electron chi connectivity index (χ3n) is 3.47. The van der Waals surface area contributed by atoms with Gasteiger partial charge in [0.25, 0.3) is 0 Å². The van der Waals surface area contributed by atoms with E-state index in [0.29, 0.717) is 5.39 Å². The zero-order valence-electron chi connectivity index (χ0n) is 10.1. The van der Waals surface area contributed by atoms with Gasteiger partial charge in [-0.15, -0.1) is 0 Å². The summed E-state index contributed by atoms with van der Waals surface area (Å²) in [5, 5.41) is 9.62. The summed E-state index contributed by atoms with van der Waals surface area (Å²) in [5.41, 5.74) is 2.54. The summed E-state index contributed by atoms with van der Waals surface area (Å²) >= 11 is 0. The second kappa shape index (κ2) is 3.70. The summed E-state index contributed by atoms with van der Waals surface area (Å²) in [5.74, 6) is -1.15. The van der Waals surface area contributed by atoms with Crippen molar-refractivity contribution in [3.8, 4) is 0 Å². The molecule has 0 aliphatic carbocycles. The molecule has 4 heteroatoms. The van der Waals surface area contributed by atoms with E-state index in [9.17, 15) is 9.59 Å². The molecule has 0 unspecified atom stereocenters. The van der Waals surface area contributed by atoms with E-state index in [0.717, 1.165) is 36.0 Å². The first-order chi connectivity index (χ1) is 8.58. The fourth-order valence-electron chi connectivity index (χ4n) is 2.75. The van der Waals surface area contributed by atoms with Gasteiger partial charge in [-0.3, -0.25) is 4.79 Å². The molecule has 0 spiro atoms. The predicted molar refractivity (Wildman–Crippen MR) is 68.2 cm³/mol. The number of rotatable bonds is 1. The molecule has 0 radical (unpaired) electrons. The quantitative estimate of drug-likeness (QED) is 0.832. The van der Waals surface area contributed by atoms with Crippen LogP contribution in [0.15, 0.2) is 23.1 Å². The van der Waals surface area contributed by atoms with Gasteiger partial charge < -0.3 is 9.67 Å². The van der Waals surface area contributed by atoms with Gasteiger partial charge in [-0.1, -0.05) is 6.07 Å². The molecule has 0 atom stereocenters. The smallest absolute Gasteiger partial charge is 0.341 e. The van der Waals surface area contributed by atoms with Gasteiger partial charge in [0.2, 0.25) is 5.43 Å². The molecule has 1 aliphatic rings. The number of aromatic carboxylic acids is 1. The number of carbonyl (C=O) groups is 1. The highest BCUT2D eigenvalue weighted by atomic mass is 16.4. The third-order valence-corrected chi connectivity index (χ3v) is 3.47. The maximum absolute atomic E-state index is 12.2. The zero-order valence-corrected chi connectivity index (χ0v) is 10.1. The average Bonchev–Trinajstić information content (AvgIpc) is 2.32. The van der Waals surface area contributed by atoms with E-state index in [1.54, 1.807) is 6.07 Å². The number of aromatic nitrogens is 1. The predicted octanol–water partition coefficient (Wildman–Crippen LogP) is 1.95. The Morgan fingerprint density at radius 2 is 2.17 bits per heavy atom. The molecule has 0 saturated heterocycles. The maximum atomic E-state index is 12.2. The molecule has 18 heavy (non-hydrogen) atoms. The fraction of sp³-hybridized carbons (Fsp3) is 0.286. The number of carboxylic acid groups (broad SMARTS) is 1. The lowest BCUT2D eigenvalue weighted by Crippen LogP contribution is -2.22. The summed E-state index contributed by atoms with van der Waals surface area (Å²) < 4.78 is 1.90. The van der Waals surface area contributed by atoms with Crippen LogP contribution in [0.4, 0.5) is 0 Å². The van der Waals surface area contributed by atoms with Crippen molar-refractivity contribution in [2.75, 3.05) is 0 Å². The highest BCUT2D eigenvalue weighted by Crippen LogP contribution is 2.25. The number of pyridine rings is 1. The van der Waals surface area contributed by atoms with Crippen LogP contribution in [0.1, 0.15) is 27.9 Å². The Hall–Kier alpha value is -2.10. The fourth-order valence-corrected chi connectivity index (χ4v) is 2.75. The van der Waals surface area contributed by atoms with Crippen LogP contribution in [0.2, 0.25) is 0 Å². The Morgan fingerprint density at radius 3 is 2.89 bits per heavy atom. The number of benzene rings is 1. The molecule has 2 heterocycles. The second-order valence-corrected chi connectivity index (χ2v) is 4.79. The summed E-state index contributed by atoms with van der Waals surface area (Å²) in [6.45, 7) is 2.70. The van der Waals surface area contributed by atoms with Gasteiger partial charge in [-0.05, 0) is 37.0 Å². The highest BCUT2D eigenvalue weighted by Gasteiger charge is 2.19. The van der Waals surface area contributed by atoms with Crippen molar-refractivity contribution in [2.24, 2.45) is 0 Å². The van der Waals surface area contributed by atoms with Crippen LogP contribution in [0, 0.1) is 6.92 Å². The number of carboxylic acids is 1. The average molecular weight is 243 g/mol. The van der Waals surface area contributed by atoms with Gasteiger partial charge in [0.05, 0.1) is 5.52 Å². The molecule has 4 nitrogen and oxygen atoms in total. The molecular formula is C14H13NO3. The molecule has 0 bridgehead atoms. The van der Waals surface area contributed by atoms with E-state index in [4.69, 9.17) is 5.11 Å². The largest absolute Gasteiger partial charge is 0.477 e. The molecule has 92 valence electrons. The van der Waals surface area contributed by atoms with E-state index in [1.807, 2.05) is 11.5 Å². The van der Waals surface area contributed by atoms with Crippen LogP contribution in [-0.2, 0) is 13.0 Å². The Morgan fingerprint density at radius 1 is 1.39 bits per heavy atom. The van der Waals surface area contributed by atoms with Crippen LogP contribution in [0.3, 0.4) is 0 Å². The van der Waals surface area contributed by atoms with Crippen molar-refractivity contribution in [3.63, 3.8) is 0 Å². The lowest BCUT2D eigenvalue weighted by atomic mass is 9.97. The monoisotopic (exact) mass is 243 g/mol. The van der Waals surface area contributed by atoms with E-state index >= 15 is 0 Å². The minimum Gasteiger partial charge on any atom is -0.477 e. The molecule has 1 aliphatic heterocycles. The van der Waals surface area contributed by atoms with Gasteiger partial charge in [0.15, 0.2) is 0 Å². The maximum Gasteiger partial charge on any atom is 0.341 e. The van der Waals surface area contributed by atoms with Crippen molar-refractivity contribution in [3.05, 3.63) is 45.2 Å². The molecule has 0 amide bonds. The van der Waals surface area contributed by atoms with E-state index < -0.39 is 5.97 Å². The van der Waals surface area contributed by atoms with Gasteiger partial charge >= 0.3 is 5.97 Å².